The quantitative estimate of drug-likeness (QED) is 0.909. The Balaban J connectivity index is 1.61. The molecule has 6 nitrogen and oxygen atoms in total. The number of benzene rings is 1. The van der Waals surface area contributed by atoms with Gasteiger partial charge in [0.25, 0.3) is 5.91 Å². The molecule has 0 unspecified atom stereocenters. The van der Waals surface area contributed by atoms with Crippen LogP contribution in [0.25, 0.3) is 0 Å². The summed E-state index contributed by atoms with van der Waals surface area (Å²) in [7, 11) is 0. The highest BCUT2D eigenvalue weighted by molar-refractivity contribution is 5.93. The van der Waals surface area contributed by atoms with E-state index in [0.717, 1.165) is 32.7 Å². The van der Waals surface area contributed by atoms with Crippen molar-refractivity contribution in [2.45, 2.75) is 13.5 Å². The zero-order chi connectivity index (χ0) is 16.8. The zero-order valence-electron chi connectivity index (χ0n) is 14.0. The van der Waals surface area contributed by atoms with E-state index in [1.165, 1.54) is 11.9 Å². The predicted molar refractivity (Wildman–Crippen MR) is 93.8 cm³/mol. The Labute approximate surface area is 142 Å². The third-order valence-electron chi connectivity index (χ3n) is 4.31. The first-order valence-corrected chi connectivity index (χ1v) is 8.37. The van der Waals surface area contributed by atoms with Crippen molar-refractivity contribution in [3.05, 3.63) is 54.0 Å². The normalized spacial score (nSPS) is 15.3. The lowest BCUT2D eigenvalue weighted by molar-refractivity contribution is 0.0637. The number of hydrogen-bond acceptors (Lipinski definition) is 5. The fourth-order valence-electron chi connectivity index (χ4n) is 2.79. The minimum atomic E-state index is -0.0177. The van der Waals surface area contributed by atoms with Gasteiger partial charge >= 0.3 is 0 Å². The van der Waals surface area contributed by atoms with Crippen molar-refractivity contribution in [2.24, 2.45) is 0 Å². The first kappa shape index (κ1) is 16.4. The van der Waals surface area contributed by atoms with Gasteiger partial charge in [-0.1, -0.05) is 37.3 Å². The third kappa shape index (κ3) is 4.08. The molecular weight excluding hydrogens is 302 g/mol. The first-order valence-electron chi connectivity index (χ1n) is 8.37. The molecule has 0 saturated carbocycles. The monoisotopic (exact) mass is 325 g/mol. The summed E-state index contributed by atoms with van der Waals surface area (Å²) in [5.74, 6) is 0.653. The van der Waals surface area contributed by atoms with Gasteiger partial charge in [-0.3, -0.25) is 4.79 Å². The maximum atomic E-state index is 12.6. The lowest BCUT2D eigenvalue weighted by Gasteiger charge is -2.33. The fraction of sp³-hybridized carbons (Fsp3) is 0.389. The second kappa shape index (κ2) is 7.88. The van der Waals surface area contributed by atoms with Gasteiger partial charge in [0.1, 0.15) is 17.8 Å². The second-order valence-corrected chi connectivity index (χ2v) is 5.85. The molecule has 1 aliphatic heterocycles. The third-order valence-corrected chi connectivity index (χ3v) is 4.31. The summed E-state index contributed by atoms with van der Waals surface area (Å²) in [6, 6.07) is 11.8. The summed E-state index contributed by atoms with van der Waals surface area (Å²) >= 11 is 0. The Kier molecular flexibility index (Phi) is 5.38. The number of carbonyl (C=O) groups excluding carboxylic acids is 1. The van der Waals surface area contributed by atoms with E-state index in [0.29, 0.717) is 18.1 Å². The first-order chi connectivity index (χ1) is 11.8. The summed E-state index contributed by atoms with van der Waals surface area (Å²) < 4.78 is 0. The molecule has 0 spiro atoms. The molecule has 1 saturated heterocycles. The summed E-state index contributed by atoms with van der Waals surface area (Å²) in [6.07, 6.45) is 1.45. The van der Waals surface area contributed by atoms with Crippen LogP contribution in [-0.2, 0) is 6.54 Å². The molecule has 2 aromatic rings. The molecule has 3 rings (SSSR count). The highest BCUT2D eigenvalue weighted by atomic mass is 16.2. The molecule has 1 fully saturated rings. The lowest BCUT2D eigenvalue weighted by atomic mass is 10.2. The van der Waals surface area contributed by atoms with Crippen LogP contribution >= 0.6 is 0 Å². The molecule has 0 atom stereocenters. The van der Waals surface area contributed by atoms with Crippen LogP contribution in [0.5, 0.6) is 0 Å². The topological polar surface area (TPSA) is 61.4 Å². The minimum absolute atomic E-state index is 0.0177. The van der Waals surface area contributed by atoms with Crippen molar-refractivity contribution in [3.8, 4) is 0 Å². The van der Waals surface area contributed by atoms with Gasteiger partial charge in [-0.25, -0.2) is 9.97 Å². The van der Waals surface area contributed by atoms with E-state index in [-0.39, 0.29) is 5.91 Å². The van der Waals surface area contributed by atoms with Crippen LogP contribution in [0.4, 0.5) is 5.82 Å². The molecule has 0 aliphatic carbocycles. The van der Waals surface area contributed by atoms with Crippen LogP contribution in [0.15, 0.2) is 42.7 Å². The van der Waals surface area contributed by atoms with Crippen LogP contribution in [-0.4, -0.2) is 58.4 Å². The van der Waals surface area contributed by atoms with Crippen molar-refractivity contribution in [1.29, 1.82) is 0 Å². The second-order valence-electron chi connectivity index (χ2n) is 5.85. The zero-order valence-corrected chi connectivity index (χ0v) is 14.0. The van der Waals surface area contributed by atoms with Gasteiger partial charge in [0.05, 0.1) is 0 Å². The lowest BCUT2D eigenvalue weighted by Crippen LogP contribution is -2.48. The fourth-order valence-corrected chi connectivity index (χ4v) is 2.79. The summed E-state index contributed by atoms with van der Waals surface area (Å²) in [5, 5.41) is 3.25. The van der Waals surface area contributed by atoms with E-state index in [1.807, 2.05) is 35.2 Å². The number of nitrogens with one attached hydrogen (secondary N) is 1. The van der Waals surface area contributed by atoms with Crippen molar-refractivity contribution in [3.63, 3.8) is 0 Å². The Morgan fingerprint density at radius 1 is 1.12 bits per heavy atom. The minimum Gasteiger partial charge on any atom is -0.366 e. The van der Waals surface area contributed by atoms with Crippen LogP contribution in [0.1, 0.15) is 23.0 Å². The molecule has 126 valence electrons. The highest BCUT2D eigenvalue weighted by Gasteiger charge is 2.22. The molecule has 1 N–H and O–H groups in total. The van der Waals surface area contributed by atoms with E-state index in [4.69, 9.17) is 0 Å². The average molecular weight is 325 g/mol. The smallest absolute Gasteiger partial charge is 0.272 e. The Hall–Kier alpha value is -2.47. The van der Waals surface area contributed by atoms with Crippen LogP contribution in [0.3, 0.4) is 0 Å². The highest BCUT2D eigenvalue weighted by Crippen LogP contribution is 2.11. The van der Waals surface area contributed by atoms with Crippen LogP contribution < -0.4 is 5.32 Å². The molecule has 1 aliphatic rings. The Morgan fingerprint density at radius 3 is 2.58 bits per heavy atom. The number of carbonyl (C=O) groups is 1. The maximum Gasteiger partial charge on any atom is 0.272 e. The van der Waals surface area contributed by atoms with E-state index < -0.39 is 0 Å². The standard InChI is InChI=1S/C18H23N5O/c1-2-22-8-10-23(11-9-22)18(24)16-12-17(21-14-20-16)19-13-15-6-4-3-5-7-15/h3-7,12,14H,2,8-11,13H2,1H3,(H,19,20,21). The van der Waals surface area contributed by atoms with Crippen molar-refractivity contribution in [1.82, 2.24) is 19.8 Å². The van der Waals surface area contributed by atoms with Gasteiger partial charge in [0.15, 0.2) is 0 Å². The molecule has 24 heavy (non-hydrogen) atoms. The number of rotatable bonds is 5. The molecule has 6 heteroatoms. The molecule has 2 heterocycles. The number of aromatic nitrogens is 2. The maximum absolute atomic E-state index is 12.6. The van der Waals surface area contributed by atoms with Crippen LogP contribution in [0.2, 0.25) is 0 Å². The Morgan fingerprint density at radius 2 is 1.88 bits per heavy atom. The van der Waals surface area contributed by atoms with Gasteiger partial charge in [-0.2, -0.15) is 0 Å². The van der Waals surface area contributed by atoms with Gasteiger partial charge in [-0.05, 0) is 12.1 Å². The average Bonchev–Trinajstić information content (AvgIpc) is 2.67. The van der Waals surface area contributed by atoms with Gasteiger partial charge in [0, 0.05) is 38.8 Å². The van der Waals surface area contributed by atoms with Gasteiger partial charge in [0.2, 0.25) is 0 Å². The number of likely N-dealkylation sites (N-methyl/N-ethyl adjacent to an activating group) is 1. The molecule has 1 amide bonds. The number of anilines is 1. The molecule has 0 radical (unpaired) electrons. The van der Waals surface area contributed by atoms with Crippen molar-refractivity contribution >= 4 is 11.7 Å². The Bertz CT molecular complexity index is 668. The van der Waals surface area contributed by atoms with Crippen molar-refractivity contribution in [2.75, 3.05) is 38.0 Å². The van der Waals surface area contributed by atoms with E-state index >= 15 is 0 Å². The van der Waals surface area contributed by atoms with Gasteiger partial charge in [-0.15, -0.1) is 0 Å². The number of amides is 1. The predicted octanol–water partition coefficient (Wildman–Crippen LogP) is 1.87. The van der Waals surface area contributed by atoms with E-state index in [9.17, 15) is 4.79 Å². The number of nitrogens with zero attached hydrogens (tertiary/aromatic N) is 4. The molecule has 1 aromatic carbocycles. The number of hydrogen-bond donors (Lipinski definition) is 1. The molecule has 1 aromatic heterocycles. The molecular formula is C18H23N5O. The van der Waals surface area contributed by atoms with Gasteiger partial charge < -0.3 is 15.1 Å². The molecule has 0 bridgehead atoms. The largest absolute Gasteiger partial charge is 0.366 e. The summed E-state index contributed by atoms with van der Waals surface area (Å²) in [6.45, 7) is 7.20. The summed E-state index contributed by atoms with van der Waals surface area (Å²) in [4.78, 5) is 25.2. The van der Waals surface area contributed by atoms with E-state index in [2.05, 4.69) is 27.1 Å². The number of piperazine rings is 1. The van der Waals surface area contributed by atoms with Crippen LogP contribution in [0, 0.1) is 0 Å². The van der Waals surface area contributed by atoms with Crippen molar-refractivity contribution < 1.29 is 4.79 Å². The van der Waals surface area contributed by atoms with E-state index in [1.54, 1.807) is 6.07 Å². The SMILES string of the molecule is CCN1CCN(C(=O)c2cc(NCc3ccccc3)ncn2)CC1. The summed E-state index contributed by atoms with van der Waals surface area (Å²) in [5.41, 5.74) is 1.62.